The molecule has 3 aliphatic rings. The molecule has 3 heterocycles. The zero-order chi connectivity index (χ0) is 28.8. The number of ether oxygens (including phenoxy) is 1. The number of nitrogens with zero attached hydrogens (tertiary/aromatic N) is 2. The summed E-state index contributed by atoms with van der Waals surface area (Å²) in [5, 5.41) is 5.91. The summed E-state index contributed by atoms with van der Waals surface area (Å²) in [6.45, 7) is 0.420. The number of hydrogen-bond acceptors (Lipinski definition) is 5. The Bertz CT molecular complexity index is 1380. The number of benzene rings is 3. The first-order chi connectivity index (χ1) is 19.9. The van der Waals surface area contributed by atoms with Gasteiger partial charge in [-0.3, -0.25) is 19.3 Å². The first-order valence-corrected chi connectivity index (χ1v) is 14.0. The van der Waals surface area contributed by atoms with Crippen LogP contribution in [0.25, 0.3) is 6.08 Å². The molecule has 6 rings (SSSR count). The molecule has 8 nitrogen and oxygen atoms in total. The monoisotopic (exact) mass is 552 g/mol. The summed E-state index contributed by atoms with van der Waals surface area (Å²) in [4.78, 5) is 45.0. The molecule has 0 aliphatic carbocycles. The van der Waals surface area contributed by atoms with Gasteiger partial charge in [0.15, 0.2) is 6.10 Å². The number of carbonyl (C=O) groups excluding carboxylic acids is 3. The molecule has 0 spiro atoms. The Morgan fingerprint density at radius 1 is 1.00 bits per heavy atom. The standard InChI is InChI=1S/C33H36N4O4/c1-36(2)28(22-24-10-5-3-6-11-24)32(39)35-29-30(25-12-7-4-8-13-25)41-26-17-15-23(16-18-26)19-20-34-31(38)27-14-9-21-37(27)33(29)40/h3-8,10-13,15-20,27-30H,9,14,21-22H2,1-2H3,(H,34,38)(H,35,39)/b20-19+/t27-,28-,29-,30+/m0/s1. The summed E-state index contributed by atoms with van der Waals surface area (Å²) in [7, 11) is 3.70. The van der Waals surface area contributed by atoms with E-state index in [0.29, 0.717) is 31.6 Å². The maximum absolute atomic E-state index is 14.4. The normalized spacial score (nSPS) is 22.3. The zero-order valence-corrected chi connectivity index (χ0v) is 23.4. The van der Waals surface area contributed by atoms with Crippen LogP contribution in [0.3, 0.4) is 0 Å². The summed E-state index contributed by atoms with van der Waals surface area (Å²) >= 11 is 0. The van der Waals surface area contributed by atoms with Gasteiger partial charge in [0.05, 0.1) is 6.04 Å². The van der Waals surface area contributed by atoms with Crippen molar-refractivity contribution in [3.63, 3.8) is 0 Å². The third-order valence-electron chi connectivity index (χ3n) is 7.68. The fraction of sp³-hybridized carbons (Fsp3) is 0.303. The highest BCUT2D eigenvalue weighted by Gasteiger charge is 2.42. The fourth-order valence-corrected chi connectivity index (χ4v) is 5.44. The van der Waals surface area contributed by atoms with Crippen molar-refractivity contribution < 1.29 is 19.1 Å². The Morgan fingerprint density at radius 2 is 1.68 bits per heavy atom. The van der Waals surface area contributed by atoms with Gasteiger partial charge in [-0.1, -0.05) is 72.8 Å². The average Bonchev–Trinajstić information content (AvgIpc) is 3.49. The lowest BCUT2D eigenvalue weighted by Gasteiger charge is -2.35. The SMILES string of the molecule is CN(C)[C@@H](Cc1ccccc1)C(=O)N[C@@H]1C(=O)N2CCC[C@H]2C(=O)N/C=C/c2ccc(cc2)O[C@@H]1c1ccccc1. The van der Waals surface area contributed by atoms with Gasteiger partial charge >= 0.3 is 0 Å². The minimum Gasteiger partial charge on any atom is -0.483 e. The minimum absolute atomic E-state index is 0.252. The summed E-state index contributed by atoms with van der Waals surface area (Å²) in [6, 6.07) is 24.4. The van der Waals surface area contributed by atoms with Crippen molar-refractivity contribution in [2.45, 2.75) is 43.5 Å². The highest BCUT2D eigenvalue weighted by atomic mass is 16.5. The molecule has 2 bridgehead atoms. The molecule has 0 aromatic heterocycles. The van der Waals surface area contributed by atoms with Crippen molar-refractivity contribution in [3.8, 4) is 5.75 Å². The van der Waals surface area contributed by atoms with Gasteiger partial charge in [0.2, 0.25) is 17.7 Å². The number of amides is 3. The number of carbonyl (C=O) groups is 3. The van der Waals surface area contributed by atoms with Crippen molar-refractivity contribution in [3.05, 3.63) is 108 Å². The molecule has 2 N–H and O–H groups in total. The molecule has 41 heavy (non-hydrogen) atoms. The Morgan fingerprint density at radius 3 is 2.37 bits per heavy atom. The van der Waals surface area contributed by atoms with Crippen LogP contribution in [0, 0.1) is 0 Å². The first-order valence-electron chi connectivity index (χ1n) is 14.0. The van der Waals surface area contributed by atoms with Crippen molar-refractivity contribution in [2.75, 3.05) is 20.6 Å². The van der Waals surface area contributed by atoms with Crippen LogP contribution in [0.4, 0.5) is 0 Å². The van der Waals surface area contributed by atoms with E-state index in [0.717, 1.165) is 16.7 Å². The van der Waals surface area contributed by atoms with E-state index in [-0.39, 0.29) is 17.7 Å². The molecule has 0 unspecified atom stereocenters. The van der Waals surface area contributed by atoms with Gasteiger partial charge in [-0.05, 0) is 68.3 Å². The number of rotatable bonds is 6. The molecule has 3 aromatic rings. The Labute approximate surface area is 241 Å². The molecule has 3 amide bonds. The largest absolute Gasteiger partial charge is 0.483 e. The van der Waals surface area contributed by atoms with E-state index in [2.05, 4.69) is 10.6 Å². The number of fused-ring (bicyclic) bond motifs is 7. The van der Waals surface area contributed by atoms with Gasteiger partial charge < -0.3 is 20.3 Å². The lowest BCUT2D eigenvalue weighted by molar-refractivity contribution is -0.144. The summed E-state index contributed by atoms with van der Waals surface area (Å²) in [5.74, 6) is -0.324. The van der Waals surface area contributed by atoms with E-state index in [4.69, 9.17) is 4.74 Å². The zero-order valence-electron chi connectivity index (χ0n) is 23.4. The first kappa shape index (κ1) is 28.1. The highest BCUT2D eigenvalue weighted by molar-refractivity contribution is 5.94. The van der Waals surface area contributed by atoms with Gasteiger partial charge in [0.25, 0.3) is 0 Å². The third-order valence-corrected chi connectivity index (χ3v) is 7.68. The quantitative estimate of drug-likeness (QED) is 0.488. The predicted octanol–water partition coefficient (Wildman–Crippen LogP) is 3.56. The molecular formula is C33H36N4O4. The van der Waals surface area contributed by atoms with Crippen LogP contribution in [0.2, 0.25) is 0 Å². The van der Waals surface area contributed by atoms with Gasteiger partial charge in [0, 0.05) is 12.7 Å². The van der Waals surface area contributed by atoms with Crippen LogP contribution in [0.15, 0.2) is 91.1 Å². The third kappa shape index (κ3) is 6.66. The number of nitrogens with one attached hydrogen (secondary N) is 2. The van der Waals surface area contributed by atoms with Gasteiger partial charge in [-0.15, -0.1) is 0 Å². The van der Waals surface area contributed by atoms with Crippen molar-refractivity contribution in [2.24, 2.45) is 0 Å². The van der Waals surface area contributed by atoms with E-state index in [9.17, 15) is 14.4 Å². The van der Waals surface area contributed by atoms with E-state index in [1.54, 1.807) is 17.2 Å². The Hall–Kier alpha value is -4.43. The van der Waals surface area contributed by atoms with Crippen molar-refractivity contribution in [1.82, 2.24) is 20.4 Å². The summed E-state index contributed by atoms with van der Waals surface area (Å²) in [6.07, 6.45) is 4.28. The smallest absolute Gasteiger partial charge is 0.250 e. The molecule has 1 fully saturated rings. The van der Waals surface area contributed by atoms with Crippen LogP contribution >= 0.6 is 0 Å². The number of hydrogen-bond donors (Lipinski definition) is 2. The average molecular weight is 553 g/mol. The molecule has 0 radical (unpaired) electrons. The van der Waals surface area contributed by atoms with Crippen molar-refractivity contribution in [1.29, 1.82) is 0 Å². The van der Waals surface area contributed by atoms with E-state index >= 15 is 0 Å². The molecule has 3 aromatic carbocycles. The van der Waals surface area contributed by atoms with Crippen LogP contribution in [-0.4, -0.2) is 66.3 Å². The maximum atomic E-state index is 14.4. The van der Waals surface area contributed by atoms with E-state index < -0.39 is 24.2 Å². The van der Waals surface area contributed by atoms with Crippen LogP contribution in [0.5, 0.6) is 5.75 Å². The van der Waals surface area contributed by atoms with E-state index in [1.807, 2.05) is 104 Å². The van der Waals surface area contributed by atoms with E-state index in [1.165, 1.54) is 0 Å². The maximum Gasteiger partial charge on any atom is 0.250 e. The van der Waals surface area contributed by atoms with Crippen LogP contribution in [0.1, 0.15) is 35.6 Å². The fourth-order valence-electron chi connectivity index (χ4n) is 5.44. The lowest BCUT2D eigenvalue weighted by Crippen LogP contribution is -2.58. The highest BCUT2D eigenvalue weighted by Crippen LogP contribution is 2.29. The van der Waals surface area contributed by atoms with Crippen LogP contribution in [-0.2, 0) is 20.8 Å². The lowest BCUT2D eigenvalue weighted by atomic mass is 9.98. The second kappa shape index (κ2) is 12.8. The molecule has 8 heteroatoms. The summed E-state index contributed by atoms with van der Waals surface area (Å²) in [5.41, 5.74) is 2.65. The Balaban J connectivity index is 1.55. The molecule has 4 atom stereocenters. The Kier molecular flexibility index (Phi) is 8.79. The second-order valence-corrected chi connectivity index (χ2v) is 10.7. The molecule has 212 valence electrons. The second-order valence-electron chi connectivity index (χ2n) is 10.7. The topological polar surface area (TPSA) is 91.0 Å². The molecule has 0 saturated carbocycles. The van der Waals surface area contributed by atoms with Gasteiger partial charge in [0.1, 0.15) is 17.8 Å². The minimum atomic E-state index is -1.07. The summed E-state index contributed by atoms with van der Waals surface area (Å²) < 4.78 is 6.52. The van der Waals surface area contributed by atoms with Gasteiger partial charge in [-0.25, -0.2) is 0 Å². The predicted molar refractivity (Wildman–Crippen MR) is 158 cm³/mol. The van der Waals surface area contributed by atoms with Crippen LogP contribution < -0.4 is 15.4 Å². The molecular weight excluding hydrogens is 516 g/mol. The van der Waals surface area contributed by atoms with Crippen molar-refractivity contribution >= 4 is 23.8 Å². The molecule has 1 saturated heterocycles. The van der Waals surface area contributed by atoms with Gasteiger partial charge in [-0.2, -0.15) is 0 Å². The number of likely N-dealkylation sites (N-methyl/N-ethyl adjacent to an activating group) is 1. The molecule has 3 aliphatic heterocycles.